The molecule has 2 aromatic heterocycles. The van der Waals surface area contributed by atoms with Crippen LogP contribution in [0.1, 0.15) is 43.7 Å². The van der Waals surface area contributed by atoms with Crippen molar-refractivity contribution in [2.75, 3.05) is 31.6 Å². The van der Waals surface area contributed by atoms with Gasteiger partial charge in [0.15, 0.2) is 0 Å². The van der Waals surface area contributed by atoms with E-state index >= 15 is 0 Å². The topological polar surface area (TPSA) is 89.3 Å². The average Bonchev–Trinajstić information content (AvgIpc) is 3.59. The zero-order chi connectivity index (χ0) is 23.9. The van der Waals surface area contributed by atoms with Gasteiger partial charge in [-0.3, -0.25) is 14.2 Å². The number of hydrogen-bond acceptors (Lipinski definition) is 6. The van der Waals surface area contributed by atoms with E-state index in [9.17, 15) is 9.59 Å². The number of nitrogens with one attached hydrogen (secondary N) is 1. The zero-order valence-corrected chi connectivity index (χ0v) is 20.1. The number of aromatic nitrogens is 3. The quantitative estimate of drug-likeness (QED) is 0.610. The summed E-state index contributed by atoms with van der Waals surface area (Å²) >= 11 is 0. The van der Waals surface area contributed by atoms with Crippen LogP contribution in [0.3, 0.4) is 0 Å². The predicted octanol–water partition coefficient (Wildman–Crippen LogP) is 3.54. The molecule has 2 aliphatic heterocycles. The summed E-state index contributed by atoms with van der Waals surface area (Å²) in [6.07, 6.45) is 6.42. The molecule has 8 nitrogen and oxygen atoms in total. The van der Waals surface area contributed by atoms with Crippen LogP contribution in [-0.4, -0.2) is 57.7 Å². The van der Waals surface area contributed by atoms with E-state index in [4.69, 9.17) is 9.72 Å². The first kappa shape index (κ1) is 22.2. The number of carbonyl (C=O) groups excluding carboxylic acids is 1. The monoisotopic (exact) mass is 473 g/mol. The summed E-state index contributed by atoms with van der Waals surface area (Å²) in [5, 5.41) is 4.30. The fourth-order valence-electron chi connectivity index (χ4n) is 5.34. The van der Waals surface area contributed by atoms with Crippen LogP contribution in [0.2, 0.25) is 0 Å². The third-order valence-corrected chi connectivity index (χ3v) is 7.55. The van der Waals surface area contributed by atoms with E-state index < -0.39 is 0 Å². The Morgan fingerprint density at radius 1 is 1.09 bits per heavy atom. The third-order valence-electron chi connectivity index (χ3n) is 7.55. The van der Waals surface area contributed by atoms with Gasteiger partial charge in [-0.15, -0.1) is 0 Å². The van der Waals surface area contributed by atoms with Crippen molar-refractivity contribution in [1.29, 1.82) is 0 Å². The summed E-state index contributed by atoms with van der Waals surface area (Å²) in [5.41, 5.74) is 3.26. The lowest BCUT2D eigenvalue weighted by Gasteiger charge is -2.32. The Balaban J connectivity index is 1.31. The van der Waals surface area contributed by atoms with Gasteiger partial charge < -0.3 is 15.0 Å². The van der Waals surface area contributed by atoms with Crippen molar-refractivity contribution >= 4 is 22.9 Å². The van der Waals surface area contributed by atoms with E-state index in [0.717, 1.165) is 61.7 Å². The summed E-state index contributed by atoms with van der Waals surface area (Å²) in [7, 11) is 0. The Bertz CT molecular complexity index is 1320. The lowest BCUT2D eigenvalue weighted by molar-refractivity contribution is -0.133. The van der Waals surface area contributed by atoms with Gasteiger partial charge >= 0.3 is 0 Å². The van der Waals surface area contributed by atoms with Crippen LogP contribution in [0, 0.1) is 12.8 Å². The maximum atomic E-state index is 13.8. The number of benzene rings is 1. The molecule has 4 heterocycles. The summed E-state index contributed by atoms with van der Waals surface area (Å²) in [6, 6.07) is 10.0. The van der Waals surface area contributed by atoms with Crippen LogP contribution < -0.4 is 10.9 Å². The number of piperidine rings is 1. The van der Waals surface area contributed by atoms with Gasteiger partial charge in [0.2, 0.25) is 11.9 Å². The molecule has 1 amide bonds. The first-order valence-electron chi connectivity index (χ1n) is 12.7. The van der Waals surface area contributed by atoms with E-state index in [0.29, 0.717) is 36.3 Å². The molecule has 3 aliphatic rings. The molecule has 3 aromatic rings. The molecule has 1 aromatic carbocycles. The van der Waals surface area contributed by atoms with Crippen molar-refractivity contribution in [3.8, 4) is 11.1 Å². The Morgan fingerprint density at radius 3 is 2.60 bits per heavy atom. The van der Waals surface area contributed by atoms with Gasteiger partial charge in [0.25, 0.3) is 5.56 Å². The average molecular weight is 474 g/mol. The second-order valence-corrected chi connectivity index (χ2v) is 10.1. The van der Waals surface area contributed by atoms with Gasteiger partial charge in [0.05, 0.1) is 12.6 Å². The normalized spacial score (nSPS) is 20.9. The summed E-state index contributed by atoms with van der Waals surface area (Å²) in [6.45, 7) is 4.71. The Morgan fingerprint density at radius 2 is 1.89 bits per heavy atom. The minimum Gasteiger partial charge on any atom is -0.379 e. The van der Waals surface area contributed by atoms with E-state index in [2.05, 4.69) is 10.3 Å². The van der Waals surface area contributed by atoms with Gasteiger partial charge in [0.1, 0.15) is 5.65 Å². The number of likely N-dealkylation sites (tertiary alicyclic amines) is 1. The molecule has 0 spiro atoms. The number of nitrogens with zero attached hydrogens (tertiary/aromatic N) is 4. The number of pyridine rings is 1. The molecule has 6 rings (SSSR count). The highest BCUT2D eigenvalue weighted by Crippen LogP contribution is 2.32. The molecule has 35 heavy (non-hydrogen) atoms. The summed E-state index contributed by atoms with van der Waals surface area (Å²) in [4.78, 5) is 37.6. The maximum Gasteiger partial charge on any atom is 0.260 e. The van der Waals surface area contributed by atoms with E-state index in [-0.39, 0.29) is 23.6 Å². The Labute approximate surface area is 204 Å². The Hall–Kier alpha value is -3.26. The molecule has 8 heteroatoms. The van der Waals surface area contributed by atoms with Gasteiger partial charge in [-0.05, 0) is 56.2 Å². The molecule has 182 valence electrons. The number of carbonyl (C=O) groups is 1. The first-order chi connectivity index (χ1) is 17.1. The molecule has 0 radical (unpaired) electrons. The predicted molar refractivity (Wildman–Crippen MR) is 134 cm³/mol. The largest absolute Gasteiger partial charge is 0.379 e. The second kappa shape index (κ2) is 9.07. The fourth-order valence-corrected chi connectivity index (χ4v) is 5.34. The number of aryl methyl sites for hydroxylation is 1. The SMILES string of the molecule is Cc1ccccc1-c1cc2cnc(NC3CCN(C(=O)C4CC4)CC3)nc2n([C@@H]2CCOC2)c1=O. The van der Waals surface area contributed by atoms with Gasteiger partial charge in [-0.25, -0.2) is 4.98 Å². The van der Waals surface area contributed by atoms with Crippen LogP contribution in [-0.2, 0) is 9.53 Å². The number of hydrogen-bond donors (Lipinski definition) is 1. The van der Waals surface area contributed by atoms with Crippen LogP contribution in [0.5, 0.6) is 0 Å². The molecule has 1 N–H and O–H groups in total. The molecule has 0 unspecified atom stereocenters. The highest BCUT2D eigenvalue weighted by atomic mass is 16.5. The van der Waals surface area contributed by atoms with E-state index in [1.165, 1.54) is 0 Å². The van der Waals surface area contributed by atoms with Crippen molar-refractivity contribution in [2.24, 2.45) is 5.92 Å². The van der Waals surface area contributed by atoms with Crippen LogP contribution in [0.25, 0.3) is 22.2 Å². The molecule has 0 bridgehead atoms. The van der Waals surface area contributed by atoms with Gasteiger partial charge in [-0.1, -0.05) is 24.3 Å². The highest BCUT2D eigenvalue weighted by Gasteiger charge is 2.35. The first-order valence-corrected chi connectivity index (χ1v) is 12.7. The lowest BCUT2D eigenvalue weighted by atomic mass is 10.0. The number of amides is 1. The van der Waals surface area contributed by atoms with E-state index in [1.54, 1.807) is 0 Å². The number of anilines is 1. The fraction of sp³-hybridized carbons (Fsp3) is 0.481. The molecular weight excluding hydrogens is 442 g/mol. The minimum absolute atomic E-state index is 0.0427. The van der Waals surface area contributed by atoms with Crippen LogP contribution >= 0.6 is 0 Å². The van der Waals surface area contributed by atoms with Crippen molar-refractivity contribution < 1.29 is 9.53 Å². The summed E-state index contributed by atoms with van der Waals surface area (Å²) < 4.78 is 7.45. The number of rotatable bonds is 5. The number of fused-ring (bicyclic) bond motifs is 1. The maximum absolute atomic E-state index is 13.8. The summed E-state index contributed by atoms with van der Waals surface area (Å²) in [5.74, 6) is 1.11. The van der Waals surface area contributed by atoms with Crippen LogP contribution in [0.15, 0.2) is 41.3 Å². The molecule has 1 saturated carbocycles. The molecule has 1 atom stereocenters. The zero-order valence-electron chi connectivity index (χ0n) is 20.1. The molecular formula is C27H31N5O3. The van der Waals surface area contributed by atoms with Gasteiger partial charge in [0, 0.05) is 48.8 Å². The molecule has 2 saturated heterocycles. The second-order valence-electron chi connectivity index (χ2n) is 10.1. The van der Waals surface area contributed by atoms with Crippen LogP contribution in [0.4, 0.5) is 5.95 Å². The minimum atomic E-state index is -0.0478. The molecule has 3 fully saturated rings. The van der Waals surface area contributed by atoms with E-state index in [1.807, 2.05) is 52.9 Å². The van der Waals surface area contributed by atoms with Crippen molar-refractivity contribution in [2.45, 2.75) is 51.1 Å². The Kier molecular flexibility index (Phi) is 5.76. The lowest BCUT2D eigenvalue weighted by Crippen LogP contribution is -2.43. The third kappa shape index (κ3) is 4.31. The highest BCUT2D eigenvalue weighted by molar-refractivity contribution is 5.83. The molecule has 1 aliphatic carbocycles. The van der Waals surface area contributed by atoms with Crippen molar-refractivity contribution in [1.82, 2.24) is 19.4 Å². The number of ether oxygens (including phenoxy) is 1. The van der Waals surface area contributed by atoms with Crippen molar-refractivity contribution in [3.63, 3.8) is 0 Å². The standard InChI is InChI=1S/C27H31N5O3/c1-17-4-2-3-5-22(17)23-14-19-15-28-27(30-24(19)32(26(23)34)21-10-13-35-16-21)29-20-8-11-31(12-9-20)25(33)18-6-7-18/h2-5,14-15,18,20-21H,6-13,16H2,1H3,(H,28,29,30)/t21-/m1/s1. The van der Waals surface area contributed by atoms with Gasteiger partial charge in [-0.2, -0.15) is 4.98 Å². The smallest absolute Gasteiger partial charge is 0.260 e. The van der Waals surface area contributed by atoms with Crippen molar-refractivity contribution in [3.05, 3.63) is 52.4 Å².